The van der Waals surface area contributed by atoms with Gasteiger partial charge in [-0.05, 0) is 42.7 Å². The van der Waals surface area contributed by atoms with Gasteiger partial charge in [0.05, 0.1) is 42.9 Å². The smallest absolute Gasteiger partial charge is 0.337 e. The van der Waals surface area contributed by atoms with Crippen LogP contribution in [0.15, 0.2) is 48.5 Å². The lowest BCUT2D eigenvalue weighted by atomic mass is 9.98. The molecule has 36 heavy (non-hydrogen) atoms. The molecule has 1 amide bonds. The van der Waals surface area contributed by atoms with Gasteiger partial charge in [0.25, 0.3) is 0 Å². The summed E-state index contributed by atoms with van der Waals surface area (Å²) in [4.78, 5) is 31.9. The summed E-state index contributed by atoms with van der Waals surface area (Å²) >= 11 is 0. The van der Waals surface area contributed by atoms with E-state index in [1.54, 1.807) is 30.2 Å². The third-order valence-electron chi connectivity index (χ3n) is 6.59. The van der Waals surface area contributed by atoms with Crippen molar-refractivity contribution in [2.45, 2.75) is 32.0 Å². The molecule has 1 saturated heterocycles. The second-order valence-corrected chi connectivity index (χ2v) is 8.84. The van der Waals surface area contributed by atoms with E-state index in [0.717, 1.165) is 41.0 Å². The third-order valence-corrected chi connectivity index (χ3v) is 6.59. The average Bonchev–Trinajstić information content (AvgIpc) is 3.21. The van der Waals surface area contributed by atoms with Gasteiger partial charge in [-0.25, -0.2) is 9.78 Å². The maximum atomic E-state index is 13.2. The second kappa shape index (κ2) is 10.5. The van der Waals surface area contributed by atoms with Crippen LogP contribution in [0.5, 0.6) is 5.75 Å². The quantitative estimate of drug-likeness (QED) is 0.335. The van der Waals surface area contributed by atoms with Crippen LogP contribution in [0.25, 0.3) is 16.6 Å². The number of imidazole rings is 1. The molecule has 0 radical (unpaired) electrons. The summed E-state index contributed by atoms with van der Waals surface area (Å²) in [5, 5.41) is 0. The third kappa shape index (κ3) is 4.84. The standard InChI is InChI=1S/C27H29N3O6/c1-33-17-36-24-6-4-3-5-21(24)18-9-11-29(26(31)14-18)16-25-28-22-8-7-19(27(32)34-2)13-23(22)30(25)15-20-10-12-35-20/h3-8,13-14,20H,9-12,15-17H2,1-2H3/t20-/m0/s1. The molecular weight excluding hydrogens is 462 g/mol. The Morgan fingerprint density at radius 1 is 1.19 bits per heavy atom. The lowest BCUT2D eigenvalue weighted by Gasteiger charge is -2.29. The molecule has 0 N–H and O–H groups in total. The first-order valence-corrected chi connectivity index (χ1v) is 12.0. The molecule has 3 aromatic rings. The summed E-state index contributed by atoms with van der Waals surface area (Å²) in [5.74, 6) is 0.975. The lowest BCUT2D eigenvalue weighted by Crippen LogP contribution is -2.36. The molecule has 0 aliphatic carbocycles. The van der Waals surface area contributed by atoms with Crippen molar-refractivity contribution in [3.05, 3.63) is 65.5 Å². The van der Waals surface area contributed by atoms with E-state index in [4.69, 9.17) is 23.9 Å². The number of nitrogens with zero attached hydrogens (tertiary/aromatic N) is 3. The second-order valence-electron chi connectivity index (χ2n) is 8.84. The summed E-state index contributed by atoms with van der Waals surface area (Å²) < 4.78 is 23.3. The first-order valence-electron chi connectivity index (χ1n) is 12.0. The first kappa shape index (κ1) is 24.0. The molecular formula is C27H29N3O6. The van der Waals surface area contributed by atoms with Crippen molar-refractivity contribution < 1.29 is 28.5 Å². The SMILES string of the molecule is COCOc1ccccc1C1=CC(=O)N(Cc2nc3ccc(C(=O)OC)cc3n2C[C@@H]2CCO2)CC1. The fourth-order valence-corrected chi connectivity index (χ4v) is 4.57. The van der Waals surface area contributed by atoms with Crippen LogP contribution < -0.4 is 4.74 Å². The minimum atomic E-state index is -0.398. The first-order chi connectivity index (χ1) is 17.6. The molecule has 0 spiro atoms. The van der Waals surface area contributed by atoms with Crippen LogP contribution >= 0.6 is 0 Å². The highest BCUT2D eigenvalue weighted by atomic mass is 16.7. The van der Waals surface area contributed by atoms with Gasteiger partial charge >= 0.3 is 5.97 Å². The van der Waals surface area contributed by atoms with Crippen molar-refractivity contribution in [2.75, 3.05) is 34.2 Å². The molecule has 5 rings (SSSR count). The normalized spacial score (nSPS) is 17.6. The molecule has 0 saturated carbocycles. The minimum absolute atomic E-state index is 0.0773. The molecule has 2 aromatic carbocycles. The Morgan fingerprint density at radius 2 is 2.03 bits per heavy atom. The van der Waals surface area contributed by atoms with Crippen molar-refractivity contribution >= 4 is 28.5 Å². The van der Waals surface area contributed by atoms with Gasteiger partial charge in [-0.2, -0.15) is 0 Å². The van der Waals surface area contributed by atoms with Crippen molar-refractivity contribution in [1.29, 1.82) is 0 Å². The van der Waals surface area contributed by atoms with Gasteiger partial charge in [-0.1, -0.05) is 18.2 Å². The number of methoxy groups -OCH3 is 2. The van der Waals surface area contributed by atoms with Crippen molar-refractivity contribution in [1.82, 2.24) is 14.5 Å². The number of carbonyl (C=O) groups is 2. The van der Waals surface area contributed by atoms with E-state index in [1.165, 1.54) is 7.11 Å². The Hall–Kier alpha value is -3.69. The number of aromatic nitrogens is 2. The average molecular weight is 492 g/mol. The van der Waals surface area contributed by atoms with Crippen LogP contribution in [0.4, 0.5) is 0 Å². The molecule has 1 aromatic heterocycles. The number of amides is 1. The number of benzene rings is 2. The maximum Gasteiger partial charge on any atom is 0.337 e. The lowest BCUT2D eigenvalue weighted by molar-refractivity contribution is -0.127. The molecule has 1 fully saturated rings. The Balaban J connectivity index is 1.41. The minimum Gasteiger partial charge on any atom is -0.467 e. The number of rotatable bonds is 9. The number of fused-ring (bicyclic) bond motifs is 1. The number of para-hydroxylation sites is 1. The van der Waals surface area contributed by atoms with E-state index in [-0.39, 0.29) is 18.8 Å². The van der Waals surface area contributed by atoms with E-state index in [0.29, 0.717) is 37.4 Å². The Bertz CT molecular complexity index is 1310. The predicted molar refractivity (Wildman–Crippen MR) is 132 cm³/mol. The van der Waals surface area contributed by atoms with Gasteiger partial charge in [0, 0.05) is 31.9 Å². The Kier molecular flexibility index (Phi) is 7.02. The van der Waals surface area contributed by atoms with Gasteiger partial charge in [-0.15, -0.1) is 0 Å². The monoisotopic (exact) mass is 491 g/mol. The highest BCUT2D eigenvalue weighted by molar-refractivity contribution is 5.97. The van der Waals surface area contributed by atoms with Gasteiger partial charge < -0.3 is 28.4 Å². The zero-order valence-corrected chi connectivity index (χ0v) is 20.4. The summed E-state index contributed by atoms with van der Waals surface area (Å²) in [6.45, 7) is 2.42. The summed E-state index contributed by atoms with van der Waals surface area (Å²) in [6.07, 6.45) is 3.43. The van der Waals surface area contributed by atoms with Crippen LogP contribution in [0.1, 0.15) is 34.6 Å². The van der Waals surface area contributed by atoms with Gasteiger partial charge in [0.1, 0.15) is 11.6 Å². The predicted octanol–water partition coefficient (Wildman–Crippen LogP) is 3.41. The van der Waals surface area contributed by atoms with Gasteiger partial charge in [-0.3, -0.25) is 4.79 Å². The van der Waals surface area contributed by atoms with Crippen LogP contribution in [0.3, 0.4) is 0 Å². The van der Waals surface area contributed by atoms with Crippen molar-refractivity contribution in [3.8, 4) is 5.75 Å². The van der Waals surface area contributed by atoms with Gasteiger partial charge in [0.15, 0.2) is 6.79 Å². The molecule has 1 atom stereocenters. The van der Waals surface area contributed by atoms with Crippen molar-refractivity contribution in [3.63, 3.8) is 0 Å². The van der Waals surface area contributed by atoms with E-state index >= 15 is 0 Å². The summed E-state index contributed by atoms with van der Waals surface area (Å²) in [6, 6.07) is 13.0. The molecule has 9 heteroatoms. The number of carbonyl (C=O) groups excluding carboxylic acids is 2. The molecule has 2 aliphatic heterocycles. The molecule has 2 aliphatic rings. The summed E-state index contributed by atoms with van der Waals surface area (Å²) in [7, 11) is 2.94. The van der Waals surface area contributed by atoms with E-state index < -0.39 is 5.97 Å². The number of hydrogen-bond acceptors (Lipinski definition) is 7. The van der Waals surface area contributed by atoms with Gasteiger partial charge in [0.2, 0.25) is 5.91 Å². The fraction of sp³-hybridized carbons (Fsp3) is 0.370. The van der Waals surface area contributed by atoms with Crippen LogP contribution in [-0.4, -0.2) is 66.6 Å². The van der Waals surface area contributed by atoms with Crippen LogP contribution in [0, 0.1) is 0 Å². The van der Waals surface area contributed by atoms with Crippen LogP contribution in [0.2, 0.25) is 0 Å². The zero-order valence-electron chi connectivity index (χ0n) is 20.4. The highest BCUT2D eigenvalue weighted by Gasteiger charge is 2.26. The Labute approximate surface area is 209 Å². The Morgan fingerprint density at radius 3 is 2.75 bits per heavy atom. The number of ether oxygens (including phenoxy) is 4. The highest BCUT2D eigenvalue weighted by Crippen LogP contribution is 2.31. The number of hydrogen-bond donors (Lipinski definition) is 0. The zero-order chi connectivity index (χ0) is 25.1. The topological polar surface area (TPSA) is 92.1 Å². The molecule has 0 unspecified atom stereocenters. The molecule has 188 valence electrons. The van der Waals surface area contributed by atoms with Crippen LogP contribution in [-0.2, 0) is 32.1 Å². The summed E-state index contributed by atoms with van der Waals surface area (Å²) in [5.41, 5.74) is 3.88. The fourth-order valence-electron chi connectivity index (χ4n) is 4.57. The molecule has 3 heterocycles. The van der Waals surface area contributed by atoms with Crippen molar-refractivity contribution in [2.24, 2.45) is 0 Å². The van der Waals surface area contributed by atoms with E-state index in [2.05, 4.69) is 4.57 Å². The largest absolute Gasteiger partial charge is 0.467 e. The van der Waals surface area contributed by atoms with E-state index in [1.807, 2.05) is 30.3 Å². The maximum absolute atomic E-state index is 13.2. The van der Waals surface area contributed by atoms with E-state index in [9.17, 15) is 9.59 Å². The molecule has 9 nitrogen and oxygen atoms in total. The number of esters is 1. The molecule has 0 bridgehead atoms.